The molecule has 0 saturated carbocycles. The number of rotatable bonds is 4. The average molecular weight is 295 g/mol. The van der Waals surface area contributed by atoms with Gasteiger partial charge in [-0.1, -0.05) is 12.1 Å². The van der Waals surface area contributed by atoms with Crippen molar-refractivity contribution in [3.8, 4) is 5.75 Å². The first-order chi connectivity index (χ1) is 9.88. The number of hydrogen-bond acceptors (Lipinski definition) is 2. The van der Waals surface area contributed by atoms with Gasteiger partial charge in [-0.15, -0.1) is 0 Å². The van der Waals surface area contributed by atoms with Crippen molar-refractivity contribution < 1.29 is 18.3 Å². The Bertz CT molecular complexity index is 645. The lowest BCUT2D eigenvalue weighted by atomic mass is 10.0. The van der Waals surface area contributed by atoms with Crippen molar-refractivity contribution in [3.63, 3.8) is 0 Å². The predicted molar refractivity (Wildman–Crippen MR) is 74.4 cm³/mol. The zero-order valence-corrected chi connectivity index (χ0v) is 11.7. The van der Waals surface area contributed by atoms with Crippen LogP contribution in [0.1, 0.15) is 37.1 Å². The molecule has 2 aromatic carbocycles. The van der Waals surface area contributed by atoms with E-state index < -0.39 is 17.5 Å². The molecule has 0 aromatic heterocycles. The second-order valence-electron chi connectivity index (χ2n) is 4.99. The molecule has 0 aliphatic rings. The summed E-state index contributed by atoms with van der Waals surface area (Å²) in [4.78, 5) is 0. The lowest BCUT2D eigenvalue weighted by molar-refractivity contribution is 0.452. The molecule has 2 N–H and O–H groups in total. The fourth-order valence-electron chi connectivity index (χ4n) is 2.21. The zero-order valence-electron chi connectivity index (χ0n) is 11.7. The molecule has 2 rings (SSSR count). The monoisotopic (exact) mass is 295 g/mol. The lowest BCUT2D eigenvalue weighted by Gasteiger charge is -2.21. The molecule has 0 heterocycles. The normalized spacial score (nSPS) is 14.0. The van der Waals surface area contributed by atoms with E-state index in [1.165, 1.54) is 18.2 Å². The van der Waals surface area contributed by atoms with Crippen LogP contribution in [0.25, 0.3) is 0 Å². The highest BCUT2D eigenvalue weighted by molar-refractivity contribution is 5.30. The van der Waals surface area contributed by atoms with Gasteiger partial charge < -0.3 is 10.4 Å². The first-order valence-corrected chi connectivity index (χ1v) is 6.58. The molecule has 21 heavy (non-hydrogen) atoms. The molecule has 5 heteroatoms. The van der Waals surface area contributed by atoms with Crippen LogP contribution in [0, 0.1) is 17.5 Å². The van der Waals surface area contributed by atoms with E-state index in [4.69, 9.17) is 0 Å². The van der Waals surface area contributed by atoms with E-state index in [-0.39, 0.29) is 17.8 Å². The average Bonchev–Trinajstić information content (AvgIpc) is 2.41. The van der Waals surface area contributed by atoms with E-state index in [9.17, 15) is 18.3 Å². The third-order valence-corrected chi connectivity index (χ3v) is 3.39. The number of benzene rings is 2. The third kappa shape index (κ3) is 3.55. The smallest absolute Gasteiger partial charge is 0.159 e. The Labute approximate surface area is 121 Å². The maximum Gasteiger partial charge on any atom is 0.159 e. The largest absolute Gasteiger partial charge is 0.508 e. The van der Waals surface area contributed by atoms with E-state index in [0.29, 0.717) is 11.1 Å². The Morgan fingerprint density at radius 3 is 2.19 bits per heavy atom. The number of phenolic OH excluding ortho intramolecular Hbond substituents is 1. The highest BCUT2D eigenvalue weighted by Crippen LogP contribution is 2.24. The molecule has 2 unspecified atom stereocenters. The van der Waals surface area contributed by atoms with Gasteiger partial charge in [-0.05, 0) is 37.6 Å². The van der Waals surface area contributed by atoms with Crippen LogP contribution in [0.15, 0.2) is 36.4 Å². The Kier molecular flexibility index (Phi) is 4.53. The molecule has 0 radical (unpaired) electrons. The summed E-state index contributed by atoms with van der Waals surface area (Å²) in [6.45, 7) is 3.54. The zero-order chi connectivity index (χ0) is 15.6. The second-order valence-corrected chi connectivity index (χ2v) is 4.99. The van der Waals surface area contributed by atoms with Crippen LogP contribution in [-0.2, 0) is 0 Å². The van der Waals surface area contributed by atoms with Gasteiger partial charge in [-0.25, -0.2) is 13.2 Å². The first kappa shape index (κ1) is 15.4. The van der Waals surface area contributed by atoms with E-state index in [2.05, 4.69) is 5.32 Å². The number of nitrogens with one attached hydrogen (secondary N) is 1. The number of halogens is 3. The van der Waals surface area contributed by atoms with Gasteiger partial charge in [0.05, 0.1) is 0 Å². The second kappa shape index (κ2) is 6.18. The topological polar surface area (TPSA) is 32.3 Å². The number of phenols is 1. The molecular weight excluding hydrogens is 279 g/mol. The van der Waals surface area contributed by atoms with Gasteiger partial charge in [0.15, 0.2) is 11.6 Å². The van der Waals surface area contributed by atoms with Crippen molar-refractivity contribution >= 4 is 0 Å². The Morgan fingerprint density at radius 2 is 1.57 bits per heavy atom. The van der Waals surface area contributed by atoms with Crippen molar-refractivity contribution in [2.75, 3.05) is 0 Å². The molecule has 2 aromatic rings. The molecular formula is C16H16F3NO. The minimum absolute atomic E-state index is 0.142. The number of hydrogen-bond donors (Lipinski definition) is 2. The minimum atomic E-state index is -0.912. The summed E-state index contributed by atoms with van der Waals surface area (Å²) >= 11 is 0. The highest BCUT2D eigenvalue weighted by Gasteiger charge is 2.16. The van der Waals surface area contributed by atoms with Crippen LogP contribution in [0.4, 0.5) is 13.2 Å². The van der Waals surface area contributed by atoms with E-state index >= 15 is 0 Å². The molecule has 2 nitrogen and oxygen atoms in total. The van der Waals surface area contributed by atoms with Gasteiger partial charge >= 0.3 is 0 Å². The van der Waals surface area contributed by atoms with Crippen molar-refractivity contribution in [3.05, 3.63) is 65.0 Å². The quantitative estimate of drug-likeness (QED) is 0.885. The van der Waals surface area contributed by atoms with Gasteiger partial charge in [-0.3, -0.25) is 0 Å². The van der Waals surface area contributed by atoms with E-state index in [0.717, 1.165) is 18.2 Å². The van der Waals surface area contributed by atoms with Crippen LogP contribution >= 0.6 is 0 Å². The summed E-state index contributed by atoms with van der Waals surface area (Å²) < 4.78 is 39.9. The van der Waals surface area contributed by atoms with Crippen LogP contribution in [-0.4, -0.2) is 5.11 Å². The molecule has 0 fully saturated rings. The lowest BCUT2D eigenvalue weighted by Crippen LogP contribution is -2.23. The molecule has 0 bridgehead atoms. The molecule has 0 aliphatic heterocycles. The molecule has 0 amide bonds. The fourth-order valence-corrected chi connectivity index (χ4v) is 2.21. The van der Waals surface area contributed by atoms with Crippen molar-refractivity contribution in [2.45, 2.75) is 25.9 Å². The summed E-state index contributed by atoms with van der Waals surface area (Å²) in [5, 5.41) is 12.3. The summed E-state index contributed by atoms with van der Waals surface area (Å²) in [5.41, 5.74) is 0.960. The van der Waals surface area contributed by atoms with Crippen LogP contribution in [0.2, 0.25) is 0 Å². The Morgan fingerprint density at radius 1 is 0.857 bits per heavy atom. The molecule has 2 atom stereocenters. The SMILES string of the molecule is CC(NC(C)c1ccc(O)cc1F)c1ccc(F)c(F)c1. The Hall–Kier alpha value is -2.01. The van der Waals surface area contributed by atoms with Gasteiger partial charge in [0.25, 0.3) is 0 Å². The predicted octanol–water partition coefficient (Wildman–Crippen LogP) is 4.22. The first-order valence-electron chi connectivity index (χ1n) is 6.58. The van der Waals surface area contributed by atoms with Crippen molar-refractivity contribution in [1.82, 2.24) is 5.32 Å². The van der Waals surface area contributed by atoms with Crippen LogP contribution < -0.4 is 5.32 Å². The highest BCUT2D eigenvalue weighted by atomic mass is 19.2. The maximum absolute atomic E-state index is 13.8. The van der Waals surface area contributed by atoms with Crippen molar-refractivity contribution in [1.29, 1.82) is 0 Å². The van der Waals surface area contributed by atoms with Crippen molar-refractivity contribution in [2.24, 2.45) is 0 Å². The van der Waals surface area contributed by atoms with Gasteiger partial charge in [0, 0.05) is 23.7 Å². The van der Waals surface area contributed by atoms with E-state index in [1.807, 2.05) is 0 Å². The van der Waals surface area contributed by atoms with Gasteiger partial charge in [-0.2, -0.15) is 0 Å². The molecule has 0 saturated heterocycles. The molecule has 0 aliphatic carbocycles. The summed E-state index contributed by atoms with van der Waals surface area (Å²) in [6, 6.07) is 6.95. The summed E-state index contributed by atoms with van der Waals surface area (Å²) in [7, 11) is 0. The number of aromatic hydroxyl groups is 1. The Balaban J connectivity index is 2.14. The summed E-state index contributed by atoms with van der Waals surface area (Å²) in [5.74, 6) is -2.47. The maximum atomic E-state index is 13.8. The molecule has 0 spiro atoms. The standard InChI is InChI=1S/C16H16F3NO/c1-9(11-3-6-14(17)16(19)7-11)20-10(2)13-5-4-12(21)8-15(13)18/h3-10,20-21H,1-2H3. The van der Waals surface area contributed by atoms with E-state index in [1.54, 1.807) is 13.8 Å². The third-order valence-electron chi connectivity index (χ3n) is 3.39. The van der Waals surface area contributed by atoms with Crippen LogP contribution in [0.5, 0.6) is 5.75 Å². The van der Waals surface area contributed by atoms with Gasteiger partial charge in [0.1, 0.15) is 11.6 Å². The minimum Gasteiger partial charge on any atom is -0.508 e. The molecule has 112 valence electrons. The summed E-state index contributed by atoms with van der Waals surface area (Å²) in [6.07, 6.45) is 0. The van der Waals surface area contributed by atoms with Gasteiger partial charge in [0.2, 0.25) is 0 Å². The van der Waals surface area contributed by atoms with Crippen LogP contribution in [0.3, 0.4) is 0 Å². The fraction of sp³-hybridized carbons (Fsp3) is 0.250.